The summed E-state index contributed by atoms with van der Waals surface area (Å²) in [6.07, 6.45) is 12.3. The fourth-order valence-corrected chi connectivity index (χ4v) is 4.16. The van der Waals surface area contributed by atoms with Gasteiger partial charge in [0.1, 0.15) is 6.10 Å². The van der Waals surface area contributed by atoms with Crippen LogP contribution in [0.25, 0.3) is 0 Å². The second-order valence-electron chi connectivity index (χ2n) is 7.31. The third-order valence-electron chi connectivity index (χ3n) is 5.68. The standard InChI is InChI=1S/C18H27NO3/c20-18(14-4-2-1-3-5-14)19-10-11-21-17-15(19)8-9-16(17)22-12-13-6-7-13/h1-2,13-17H,3-12H2/t14-,15+,16+,17-/m1/s1. The van der Waals surface area contributed by atoms with Crippen LogP contribution in [0.15, 0.2) is 12.2 Å². The van der Waals surface area contributed by atoms with Gasteiger partial charge in [-0.3, -0.25) is 4.79 Å². The number of amides is 1. The van der Waals surface area contributed by atoms with E-state index in [-0.39, 0.29) is 24.2 Å². The largest absolute Gasteiger partial charge is 0.375 e. The molecule has 22 heavy (non-hydrogen) atoms. The van der Waals surface area contributed by atoms with Gasteiger partial charge in [-0.1, -0.05) is 12.2 Å². The number of allylic oxidation sites excluding steroid dienone is 2. The molecule has 0 bridgehead atoms. The van der Waals surface area contributed by atoms with E-state index in [1.165, 1.54) is 12.8 Å². The smallest absolute Gasteiger partial charge is 0.226 e. The average Bonchev–Trinajstić information content (AvgIpc) is 3.31. The molecule has 0 N–H and O–H groups in total. The summed E-state index contributed by atoms with van der Waals surface area (Å²) in [4.78, 5) is 15.0. The zero-order valence-electron chi connectivity index (χ0n) is 13.3. The summed E-state index contributed by atoms with van der Waals surface area (Å²) in [6.45, 7) is 2.31. The molecule has 4 atom stereocenters. The first-order chi connectivity index (χ1) is 10.8. The molecule has 0 aromatic heterocycles. The van der Waals surface area contributed by atoms with Gasteiger partial charge in [-0.25, -0.2) is 0 Å². The zero-order valence-corrected chi connectivity index (χ0v) is 13.3. The first-order valence-electron chi connectivity index (χ1n) is 9.01. The maximum absolute atomic E-state index is 12.9. The van der Waals surface area contributed by atoms with Crippen LogP contribution in [0.1, 0.15) is 44.9 Å². The fraction of sp³-hybridized carbons (Fsp3) is 0.833. The zero-order chi connectivity index (χ0) is 14.9. The summed E-state index contributed by atoms with van der Waals surface area (Å²) in [6, 6.07) is 0.247. The van der Waals surface area contributed by atoms with E-state index in [0.29, 0.717) is 12.5 Å². The number of nitrogens with zero attached hydrogens (tertiary/aromatic N) is 1. The molecule has 4 aliphatic rings. The minimum atomic E-state index is 0.107. The van der Waals surface area contributed by atoms with Crippen LogP contribution in [-0.4, -0.2) is 48.8 Å². The molecule has 4 nitrogen and oxygen atoms in total. The van der Waals surface area contributed by atoms with Gasteiger partial charge in [-0.2, -0.15) is 0 Å². The Balaban J connectivity index is 1.39. The van der Waals surface area contributed by atoms with Crippen molar-refractivity contribution in [1.29, 1.82) is 0 Å². The van der Waals surface area contributed by atoms with Crippen molar-refractivity contribution >= 4 is 5.91 Å². The maximum atomic E-state index is 12.9. The third kappa shape index (κ3) is 2.95. The number of morpholine rings is 1. The molecule has 1 amide bonds. The van der Waals surface area contributed by atoms with Gasteiger partial charge >= 0.3 is 0 Å². The molecule has 3 fully saturated rings. The Hall–Kier alpha value is -0.870. The SMILES string of the molecule is O=C([C@@H]1CC=CCC1)N1CCO[C@H]2[C@@H](OCC3CC3)CC[C@@H]21. The van der Waals surface area contributed by atoms with Crippen LogP contribution in [-0.2, 0) is 14.3 Å². The Morgan fingerprint density at radius 2 is 2.09 bits per heavy atom. The normalized spacial score (nSPS) is 38.1. The molecule has 3 aliphatic carbocycles. The van der Waals surface area contributed by atoms with Crippen molar-refractivity contribution in [3.8, 4) is 0 Å². The van der Waals surface area contributed by atoms with E-state index in [1.807, 2.05) is 0 Å². The van der Waals surface area contributed by atoms with Gasteiger partial charge in [0.25, 0.3) is 0 Å². The van der Waals surface area contributed by atoms with Crippen molar-refractivity contribution in [3.05, 3.63) is 12.2 Å². The number of carbonyl (C=O) groups is 1. The number of fused-ring (bicyclic) bond motifs is 1. The lowest BCUT2D eigenvalue weighted by atomic mass is 9.92. The summed E-state index contributed by atoms with van der Waals surface area (Å²) in [5.41, 5.74) is 0. The van der Waals surface area contributed by atoms with Crippen molar-refractivity contribution < 1.29 is 14.3 Å². The molecule has 0 unspecified atom stereocenters. The van der Waals surface area contributed by atoms with Gasteiger partial charge in [0, 0.05) is 19.1 Å². The number of carbonyl (C=O) groups excluding carboxylic acids is 1. The van der Waals surface area contributed by atoms with Gasteiger partial charge in [-0.15, -0.1) is 0 Å². The van der Waals surface area contributed by atoms with Crippen LogP contribution in [0.5, 0.6) is 0 Å². The molecule has 4 heteroatoms. The van der Waals surface area contributed by atoms with Crippen molar-refractivity contribution in [3.63, 3.8) is 0 Å². The van der Waals surface area contributed by atoms with Crippen LogP contribution in [0.4, 0.5) is 0 Å². The third-order valence-corrected chi connectivity index (χ3v) is 5.68. The van der Waals surface area contributed by atoms with Gasteiger partial charge in [0.15, 0.2) is 0 Å². The average molecular weight is 305 g/mol. The predicted molar refractivity (Wildman–Crippen MR) is 83.4 cm³/mol. The molecule has 1 saturated heterocycles. The van der Waals surface area contributed by atoms with E-state index in [4.69, 9.17) is 9.47 Å². The minimum Gasteiger partial charge on any atom is -0.375 e. The van der Waals surface area contributed by atoms with Crippen molar-refractivity contribution in [2.45, 2.75) is 63.2 Å². The monoisotopic (exact) mass is 305 g/mol. The molecule has 0 aromatic carbocycles. The lowest BCUT2D eigenvalue weighted by molar-refractivity contribution is -0.155. The number of ether oxygens (including phenoxy) is 2. The molecule has 0 aromatic rings. The van der Waals surface area contributed by atoms with Crippen molar-refractivity contribution in [2.75, 3.05) is 19.8 Å². The molecule has 2 saturated carbocycles. The van der Waals surface area contributed by atoms with Gasteiger partial charge in [0.05, 0.1) is 18.8 Å². The Labute approximate surface area is 132 Å². The van der Waals surface area contributed by atoms with E-state index >= 15 is 0 Å². The summed E-state index contributed by atoms with van der Waals surface area (Å²) in [5, 5.41) is 0. The molecule has 1 heterocycles. The topological polar surface area (TPSA) is 38.8 Å². The van der Waals surface area contributed by atoms with Gasteiger partial charge < -0.3 is 14.4 Å². The second kappa shape index (κ2) is 6.32. The first-order valence-corrected chi connectivity index (χ1v) is 9.01. The quantitative estimate of drug-likeness (QED) is 0.749. The van der Waals surface area contributed by atoms with E-state index in [0.717, 1.165) is 51.2 Å². The van der Waals surface area contributed by atoms with Gasteiger partial charge in [0.2, 0.25) is 5.91 Å². The number of rotatable bonds is 4. The van der Waals surface area contributed by atoms with Gasteiger partial charge in [-0.05, 0) is 50.9 Å². The predicted octanol–water partition coefficient (Wildman–Crippen LogP) is 2.53. The van der Waals surface area contributed by atoms with Crippen LogP contribution in [0.3, 0.4) is 0 Å². The molecule has 0 spiro atoms. The van der Waals surface area contributed by atoms with E-state index in [1.54, 1.807) is 0 Å². The van der Waals surface area contributed by atoms with Crippen LogP contribution in [0.2, 0.25) is 0 Å². The van der Waals surface area contributed by atoms with Crippen molar-refractivity contribution in [1.82, 2.24) is 4.90 Å². The number of hydrogen-bond donors (Lipinski definition) is 0. The molecule has 4 rings (SSSR count). The first kappa shape index (κ1) is 14.7. The highest BCUT2D eigenvalue weighted by atomic mass is 16.5. The molecule has 0 radical (unpaired) electrons. The Kier molecular flexibility index (Phi) is 4.23. The molecular weight excluding hydrogens is 278 g/mol. The van der Waals surface area contributed by atoms with E-state index < -0.39 is 0 Å². The van der Waals surface area contributed by atoms with E-state index in [9.17, 15) is 4.79 Å². The summed E-state index contributed by atoms with van der Waals surface area (Å²) in [5.74, 6) is 1.33. The minimum absolute atomic E-state index is 0.107. The highest BCUT2D eigenvalue weighted by Crippen LogP contribution is 2.36. The maximum Gasteiger partial charge on any atom is 0.226 e. The summed E-state index contributed by atoms with van der Waals surface area (Å²) in [7, 11) is 0. The fourth-order valence-electron chi connectivity index (χ4n) is 4.16. The molecule has 122 valence electrons. The molecular formula is C18H27NO3. The Bertz CT molecular complexity index is 446. The highest BCUT2D eigenvalue weighted by Gasteiger charge is 2.46. The summed E-state index contributed by atoms with van der Waals surface area (Å²) < 4.78 is 12.1. The lowest BCUT2D eigenvalue weighted by Gasteiger charge is -2.40. The molecule has 1 aliphatic heterocycles. The van der Waals surface area contributed by atoms with Crippen LogP contribution >= 0.6 is 0 Å². The van der Waals surface area contributed by atoms with E-state index in [2.05, 4.69) is 17.1 Å². The Morgan fingerprint density at radius 1 is 1.18 bits per heavy atom. The Morgan fingerprint density at radius 3 is 2.86 bits per heavy atom. The van der Waals surface area contributed by atoms with Crippen LogP contribution < -0.4 is 0 Å². The number of hydrogen-bond acceptors (Lipinski definition) is 3. The highest BCUT2D eigenvalue weighted by molar-refractivity contribution is 5.79. The lowest BCUT2D eigenvalue weighted by Crippen LogP contribution is -2.55. The van der Waals surface area contributed by atoms with Crippen LogP contribution in [0, 0.1) is 11.8 Å². The summed E-state index contributed by atoms with van der Waals surface area (Å²) >= 11 is 0. The second-order valence-corrected chi connectivity index (χ2v) is 7.31. The van der Waals surface area contributed by atoms with Crippen molar-refractivity contribution in [2.24, 2.45) is 11.8 Å².